The Balaban J connectivity index is 2.05. The van der Waals surface area contributed by atoms with Crippen LogP contribution >= 0.6 is 22.6 Å². The van der Waals surface area contributed by atoms with Crippen molar-refractivity contribution in [1.82, 2.24) is 9.55 Å². The Morgan fingerprint density at radius 2 is 2.08 bits per heavy atom. The normalized spacial score (nSPS) is 11.1. The van der Waals surface area contributed by atoms with Gasteiger partial charge >= 0.3 is 5.97 Å². The molecule has 3 aromatic rings. The molecule has 3 rings (SSSR count). The number of pyridine rings is 1. The highest BCUT2D eigenvalue weighted by atomic mass is 127. The van der Waals surface area contributed by atoms with E-state index in [9.17, 15) is 13.6 Å². The lowest BCUT2D eigenvalue weighted by molar-refractivity contribution is -0.139. The summed E-state index contributed by atoms with van der Waals surface area (Å²) in [5.41, 5.74) is 2.45. The summed E-state index contributed by atoms with van der Waals surface area (Å²) in [4.78, 5) is 16.2. The summed E-state index contributed by atoms with van der Waals surface area (Å²) in [5, 5.41) is 0.863. The minimum atomic E-state index is -0.868. The van der Waals surface area contributed by atoms with Gasteiger partial charge in [-0.1, -0.05) is 12.1 Å². The highest BCUT2D eigenvalue weighted by Crippen LogP contribution is 2.27. The van der Waals surface area contributed by atoms with Gasteiger partial charge in [-0.15, -0.1) is 0 Å². The van der Waals surface area contributed by atoms with Crippen LogP contribution in [0.15, 0.2) is 30.5 Å². The molecule has 2 heterocycles. The first-order valence-electron chi connectivity index (χ1n) is 7.56. The summed E-state index contributed by atoms with van der Waals surface area (Å²) in [7, 11) is 1.35. The zero-order chi connectivity index (χ0) is 18.1. The van der Waals surface area contributed by atoms with Gasteiger partial charge in [-0.2, -0.15) is 0 Å². The molecule has 0 spiro atoms. The molecule has 0 aliphatic heterocycles. The predicted molar refractivity (Wildman–Crippen MR) is 98.4 cm³/mol. The molecule has 4 nitrogen and oxygen atoms in total. The Kier molecular flexibility index (Phi) is 5.03. The number of carbonyl (C=O) groups excluding carboxylic acids is 1. The van der Waals surface area contributed by atoms with Crippen LogP contribution in [0.25, 0.3) is 11.0 Å². The van der Waals surface area contributed by atoms with Gasteiger partial charge < -0.3 is 9.30 Å². The Bertz CT molecular complexity index is 969. The summed E-state index contributed by atoms with van der Waals surface area (Å²) in [6.45, 7) is 1.99. The van der Waals surface area contributed by atoms with Gasteiger partial charge in [-0.05, 0) is 47.2 Å². The number of benzene rings is 1. The molecule has 130 valence electrons. The minimum absolute atomic E-state index is 0.146. The molecule has 0 amide bonds. The molecular weight excluding hydrogens is 441 g/mol. The van der Waals surface area contributed by atoms with Crippen LogP contribution in [0.4, 0.5) is 8.78 Å². The third-order valence-corrected chi connectivity index (χ3v) is 5.30. The third-order valence-electron chi connectivity index (χ3n) is 4.07. The van der Waals surface area contributed by atoms with Gasteiger partial charge in [0.05, 0.1) is 20.1 Å². The molecular formula is C18H15F2IN2O2. The van der Waals surface area contributed by atoms with Crippen LogP contribution in [-0.4, -0.2) is 22.6 Å². The van der Waals surface area contributed by atoms with Crippen molar-refractivity contribution >= 4 is 39.6 Å². The molecule has 0 N–H and O–H groups in total. The number of aryl methyl sites for hydroxylation is 1. The lowest BCUT2D eigenvalue weighted by atomic mass is 10.1. The first kappa shape index (κ1) is 17.8. The molecule has 0 atom stereocenters. The molecule has 1 aromatic carbocycles. The number of hydrogen-bond acceptors (Lipinski definition) is 3. The van der Waals surface area contributed by atoms with Gasteiger partial charge in [0.25, 0.3) is 0 Å². The van der Waals surface area contributed by atoms with Crippen molar-refractivity contribution in [3.05, 3.63) is 62.5 Å². The van der Waals surface area contributed by atoms with Gasteiger partial charge in [-0.3, -0.25) is 4.79 Å². The fourth-order valence-corrected chi connectivity index (χ4v) is 3.71. The molecule has 0 saturated carbocycles. The average Bonchev–Trinajstić information content (AvgIpc) is 2.98. The second-order valence-electron chi connectivity index (χ2n) is 5.64. The SMILES string of the molecule is COC(=O)Cc1c(C)nc2c(ccn2Cc2cccc(F)c2F)c1I. The maximum atomic E-state index is 13.9. The average molecular weight is 456 g/mol. The van der Waals surface area contributed by atoms with E-state index in [1.807, 2.05) is 13.0 Å². The van der Waals surface area contributed by atoms with Crippen LogP contribution in [0.3, 0.4) is 0 Å². The summed E-state index contributed by atoms with van der Waals surface area (Å²) in [6, 6.07) is 5.99. The fourth-order valence-electron chi connectivity index (χ4n) is 2.71. The maximum absolute atomic E-state index is 13.9. The molecule has 0 unspecified atom stereocenters. The van der Waals surface area contributed by atoms with E-state index in [1.54, 1.807) is 16.8 Å². The lowest BCUT2D eigenvalue weighted by Crippen LogP contribution is -2.10. The molecule has 0 fully saturated rings. The highest BCUT2D eigenvalue weighted by molar-refractivity contribution is 14.1. The molecule has 25 heavy (non-hydrogen) atoms. The van der Waals surface area contributed by atoms with Crippen molar-refractivity contribution in [2.24, 2.45) is 0 Å². The van der Waals surface area contributed by atoms with Crippen LogP contribution in [0.1, 0.15) is 16.8 Å². The Morgan fingerprint density at radius 1 is 1.32 bits per heavy atom. The Morgan fingerprint density at radius 3 is 2.80 bits per heavy atom. The van der Waals surface area contributed by atoms with E-state index in [2.05, 4.69) is 27.6 Å². The van der Waals surface area contributed by atoms with Gasteiger partial charge in [0, 0.05) is 26.4 Å². The number of methoxy groups -OCH3 is 1. The van der Waals surface area contributed by atoms with E-state index in [-0.39, 0.29) is 24.5 Å². The van der Waals surface area contributed by atoms with Gasteiger partial charge in [0.1, 0.15) is 5.65 Å². The van der Waals surface area contributed by atoms with E-state index in [4.69, 9.17) is 4.74 Å². The number of halogens is 3. The van der Waals surface area contributed by atoms with Crippen molar-refractivity contribution in [2.45, 2.75) is 19.9 Å². The molecule has 0 aliphatic carbocycles. The molecule has 2 aromatic heterocycles. The molecule has 7 heteroatoms. The zero-order valence-electron chi connectivity index (χ0n) is 13.6. The van der Waals surface area contributed by atoms with Crippen LogP contribution < -0.4 is 0 Å². The van der Waals surface area contributed by atoms with E-state index >= 15 is 0 Å². The molecule has 0 radical (unpaired) electrons. The first-order chi connectivity index (χ1) is 11.9. The van der Waals surface area contributed by atoms with Crippen LogP contribution in [0.5, 0.6) is 0 Å². The van der Waals surface area contributed by atoms with Gasteiger partial charge in [0.2, 0.25) is 0 Å². The fraction of sp³-hybridized carbons (Fsp3) is 0.222. The smallest absolute Gasteiger partial charge is 0.310 e. The summed E-state index contributed by atoms with van der Waals surface area (Å²) >= 11 is 2.18. The van der Waals surface area contributed by atoms with Crippen molar-refractivity contribution in [1.29, 1.82) is 0 Å². The van der Waals surface area contributed by atoms with Crippen LogP contribution in [0.2, 0.25) is 0 Å². The number of aromatic nitrogens is 2. The number of esters is 1. The van der Waals surface area contributed by atoms with Gasteiger partial charge in [0.15, 0.2) is 11.6 Å². The van der Waals surface area contributed by atoms with Crippen molar-refractivity contribution < 1.29 is 18.3 Å². The number of carbonyl (C=O) groups is 1. The highest BCUT2D eigenvalue weighted by Gasteiger charge is 2.17. The summed E-state index contributed by atoms with van der Waals surface area (Å²) in [6.07, 6.45) is 1.93. The predicted octanol–water partition coefficient (Wildman–Crippen LogP) is 3.99. The monoisotopic (exact) mass is 456 g/mol. The van der Waals surface area contributed by atoms with Crippen molar-refractivity contribution in [2.75, 3.05) is 7.11 Å². The minimum Gasteiger partial charge on any atom is -0.469 e. The summed E-state index contributed by atoms with van der Waals surface area (Å²) in [5.74, 6) is -2.05. The third kappa shape index (κ3) is 3.37. The quantitative estimate of drug-likeness (QED) is 0.441. The van der Waals surface area contributed by atoms with E-state index in [0.717, 1.165) is 20.6 Å². The molecule has 0 aliphatic rings. The summed E-state index contributed by atoms with van der Waals surface area (Å²) < 4.78 is 34.8. The van der Waals surface area contributed by atoms with E-state index < -0.39 is 11.6 Å². The number of hydrogen-bond donors (Lipinski definition) is 0. The van der Waals surface area contributed by atoms with Gasteiger partial charge in [-0.25, -0.2) is 13.8 Å². The number of fused-ring (bicyclic) bond motifs is 1. The topological polar surface area (TPSA) is 44.1 Å². The maximum Gasteiger partial charge on any atom is 0.310 e. The molecule has 0 bridgehead atoms. The standard InChI is InChI=1S/C18H15F2IN2O2/c1-10-13(8-15(24)25-2)17(21)12-6-7-23(18(12)22-10)9-11-4-3-5-14(19)16(11)20/h3-7H,8-9H2,1-2H3. The zero-order valence-corrected chi connectivity index (χ0v) is 15.8. The van der Waals surface area contributed by atoms with E-state index in [0.29, 0.717) is 11.3 Å². The largest absolute Gasteiger partial charge is 0.469 e. The first-order valence-corrected chi connectivity index (χ1v) is 8.63. The second-order valence-corrected chi connectivity index (χ2v) is 6.72. The number of rotatable bonds is 4. The Labute approximate surface area is 157 Å². The van der Waals surface area contributed by atoms with Crippen molar-refractivity contribution in [3.63, 3.8) is 0 Å². The molecule has 0 saturated heterocycles. The second kappa shape index (κ2) is 7.07. The van der Waals surface area contributed by atoms with E-state index in [1.165, 1.54) is 13.2 Å². The van der Waals surface area contributed by atoms with Crippen LogP contribution in [-0.2, 0) is 22.5 Å². The number of ether oxygens (including phenoxy) is 1. The van der Waals surface area contributed by atoms with Crippen LogP contribution in [0, 0.1) is 22.1 Å². The Hall–Kier alpha value is -2.03. The number of nitrogens with zero attached hydrogens (tertiary/aromatic N) is 2. The lowest BCUT2D eigenvalue weighted by Gasteiger charge is -2.11. The van der Waals surface area contributed by atoms with Crippen molar-refractivity contribution in [3.8, 4) is 0 Å².